The quantitative estimate of drug-likeness (QED) is 0.868. The molecule has 1 aliphatic rings. The minimum atomic E-state index is -0.476. The number of para-hydroxylation sites is 1. The summed E-state index contributed by atoms with van der Waals surface area (Å²) in [6.07, 6.45) is 1.14. The maximum Gasteiger partial charge on any atom is 0.340 e. The average molecular weight is 304 g/mol. The summed E-state index contributed by atoms with van der Waals surface area (Å²) >= 11 is 0. The number of esters is 1. The van der Waals surface area contributed by atoms with E-state index in [-0.39, 0.29) is 12.5 Å². The summed E-state index contributed by atoms with van der Waals surface area (Å²) in [5, 5.41) is 2.94. The molecule has 1 fully saturated rings. The number of nitrogens with zero attached hydrogens (tertiary/aromatic N) is 1. The molecule has 1 amide bonds. The number of carbonyl (C=O) groups excluding carboxylic acids is 2. The van der Waals surface area contributed by atoms with E-state index >= 15 is 0 Å². The summed E-state index contributed by atoms with van der Waals surface area (Å²) in [5.74, 6) is 0.395. The van der Waals surface area contributed by atoms with E-state index in [9.17, 15) is 9.59 Å². The van der Waals surface area contributed by atoms with E-state index in [4.69, 9.17) is 4.74 Å². The predicted octanol–water partition coefficient (Wildman–Crippen LogP) is 2.39. The average Bonchev–Trinajstić information content (AvgIpc) is 2.51. The second kappa shape index (κ2) is 7.29. The van der Waals surface area contributed by atoms with Crippen LogP contribution >= 0.6 is 0 Å². The Bertz CT molecular complexity index is 534. The molecular formula is C17H24N2O3. The van der Waals surface area contributed by atoms with Crippen molar-refractivity contribution in [2.75, 3.05) is 32.1 Å². The van der Waals surface area contributed by atoms with Gasteiger partial charge in [0.1, 0.15) is 0 Å². The van der Waals surface area contributed by atoms with E-state index in [1.807, 2.05) is 6.07 Å². The van der Waals surface area contributed by atoms with Crippen molar-refractivity contribution in [1.29, 1.82) is 0 Å². The first-order chi connectivity index (χ1) is 10.5. The third-order valence-corrected chi connectivity index (χ3v) is 3.96. The molecule has 0 aromatic heterocycles. The number of hydrogen-bond acceptors (Lipinski definition) is 4. The molecule has 5 nitrogen and oxygen atoms in total. The molecule has 0 radical (unpaired) electrons. The third-order valence-electron chi connectivity index (χ3n) is 3.96. The molecule has 2 unspecified atom stereocenters. The van der Waals surface area contributed by atoms with Crippen LogP contribution in [-0.2, 0) is 9.53 Å². The second-order valence-corrected chi connectivity index (χ2v) is 6.12. The van der Waals surface area contributed by atoms with Crippen molar-refractivity contribution in [2.24, 2.45) is 11.8 Å². The lowest BCUT2D eigenvalue weighted by Gasteiger charge is -2.34. The van der Waals surface area contributed by atoms with E-state index in [1.54, 1.807) is 30.1 Å². The van der Waals surface area contributed by atoms with Gasteiger partial charge in [0.15, 0.2) is 6.61 Å². The highest BCUT2D eigenvalue weighted by atomic mass is 16.5. The van der Waals surface area contributed by atoms with E-state index in [2.05, 4.69) is 19.2 Å². The number of benzene rings is 1. The zero-order chi connectivity index (χ0) is 16.1. The summed E-state index contributed by atoms with van der Waals surface area (Å²) in [7, 11) is 1.74. The van der Waals surface area contributed by atoms with Crippen LogP contribution in [0.15, 0.2) is 24.3 Å². The van der Waals surface area contributed by atoms with Gasteiger partial charge in [0, 0.05) is 25.8 Å². The number of nitrogens with one attached hydrogen (secondary N) is 1. The van der Waals surface area contributed by atoms with Gasteiger partial charge in [0.2, 0.25) is 0 Å². The highest BCUT2D eigenvalue weighted by molar-refractivity contribution is 5.96. The lowest BCUT2D eigenvalue weighted by molar-refractivity contribution is -0.137. The van der Waals surface area contributed by atoms with Gasteiger partial charge in [-0.1, -0.05) is 26.0 Å². The Kier molecular flexibility index (Phi) is 5.41. The number of carbonyl (C=O) groups is 2. The standard InChI is InChI=1S/C17H24N2O3/c1-12-8-13(2)10-19(9-12)16(20)11-22-17(21)14-6-4-5-7-15(14)18-3/h4-7,12-13,18H,8-11H2,1-3H3. The Labute approximate surface area is 131 Å². The second-order valence-electron chi connectivity index (χ2n) is 6.12. The fraction of sp³-hybridized carbons (Fsp3) is 0.529. The maximum absolute atomic E-state index is 12.2. The Morgan fingerprint density at radius 3 is 2.50 bits per heavy atom. The van der Waals surface area contributed by atoms with E-state index < -0.39 is 5.97 Å². The zero-order valence-electron chi connectivity index (χ0n) is 13.5. The fourth-order valence-corrected chi connectivity index (χ4v) is 3.04. The number of rotatable bonds is 4. The minimum Gasteiger partial charge on any atom is -0.452 e. The largest absolute Gasteiger partial charge is 0.452 e. The number of amides is 1. The van der Waals surface area contributed by atoms with Crippen molar-refractivity contribution in [3.63, 3.8) is 0 Å². The number of likely N-dealkylation sites (tertiary alicyclic amines) is 1. The van der Waals surface area contributed by atoms with Gasteiger partial charge in [-0.3, -0.25) is 4.79 Å². The Balaban J connectivity index is 1.92. The third kappa shape index (κ3) is 4.00. The summed E-state index contributed by atoms with van der Waals surface area (Å²) < 4.78 is 5.19. The number of piperidine rings is 1. The summed E-state index contributed by atoms with van der Waals surface area (Å²) in [6, 6.07) is 7.09. The SMILES string of the molecule is CNc1ccccc1C(=O)OCC(=O)N1CC(C)CC(C)C1. The van der Waals surface area contributed by atoms with Gasteiger partial charge < -0.3 is 15.0 Å². The predicted molar refractivity (Wildman–Crippen MR) is 85.8 cm³/mol. The monoisotopic (exact) mass is 304 g/mol. The Morgan fingerprint density at radius 1 is 1.23 bits per heavy atom. The molecule has 0 aliphatic carbocycles. The van der Waals surface area contributed by atoms with E-state index in [0.717, 1.165) is 19.5 Å². The van der Waals surface area contributed by atoms with Crippen LogP contribution in [0.2, 0.25) is 0 Å². The molecular weight excluding hydrogens is 280 g/mol. The molecule has 0 saturated carbocycles. The first-order valence-corrected chi connectivity index (χ1v) is 7.73. The summed E-state index contributed by atoms with van der Waals surface area (Å²) in [4.78, 5) is 26.1. The topological polar surface area (TPSA) is 58.6 Å². The smallest absolute Gasteiger partial charge is 0.340 e. The van der Waals surface area contributed by atoms with Gasteiger partial charge in [-0.15, -0.1) is 0 Å². The van der Waals surface area contributed by atoms with Crippen LogP contribution in [0.1, 0.15) is 30.6 Å². The lowest BCUT2D eigenvalue weighted by atomic mass is 9.92. The van der Waals surface area contributed by atoms with E-state index in [0.29, 0.717) is 23.1 Å². The summed E-state index contributed by atoms with van der Waals surface area (Å²) in [6.45, 7) is 5.58. The molecule has 1 saturated heterocycles. The minimum absolute atomic E-state index is 0.117. The van der Waals surface area contributed by atoms with Crippen LogP contribution < -0.4 is 5.32 Å². The van der Waals surface area contributed by atoms with Crippen molar-refractivity contribution in [3.8, 4) is 0 Å². The number of hydrogen-bond donors (Lipinski definition) is 1. The van der Waals surface area contributed by atoms with Gasteiger partial charge in [-0.25, -0.2) is 4.79 Å². The van der Waals surface area contributed by atoms with E-state index in [1.165, 1.54) is 0 Å². The van der Waals surface area contributed by atoms with Crippen molar-refractivity contribution >= 4 is 17.6 Å². The van der Waals surface area contributed by atoms with Gasteiger partial charge in [-0.2, -0.15) is 0 Å². The van der Waals surface area contributed by atoms with Crippen molar-refractivity contribution in [2.45, 2.75) is 20.3 Å². The summed E-state index contributed by atoms with van der Waals surface area (Å²) in [5.41, 5.74) is 1.14. The molecule has 1 N–H and O–H groups in total. The highest BCUT2D eigenvalue weighted by Gasteiger charge is 2.26. The molecule has 0 bridgehead atoms. The van der Waals surface area contributed by atoms with Crippen LogP contribution in [0.25, 0.3) is 0 Å². The molecule has 2 rings (SSSR count). The van der Waals surface area contributed by atoms with Crippen molar-refractivity contribution in [1.82, 2.24) is 4.90 Å². The first kappa shape index (κ1) is 16.3. The Morgan fingerprint density at radius 2 is 1.86 bits per heavy atom. The van der Waals surface area contributed by atoms with Crippen LogP contribution in [0.4, 0.5) is 5.69 Å². The Hall–Kier alpha value is -2.04. The van der Waals surface area contributed by atoms with Gasteiger partial charge in [0.25, 0.3) is 5.91 Å². The molecule has 1 aromatic rings. The molecule has 1 heterocycles. The van der Waals surface area contributed by atoms with Crippen LogP contribution in [0.3, 0.4) is 0 Å². The highest BCUT2D eigenvalue weighted by Crippen LogP contribution is 2.21. The van der Waals surface area contributed by atoms with Gasteiger partial charge in [-0.05, 0) is 30.4 Å². The molecule has 22 heavy (non-hydrogen) atoms. The molecule has 1 aliphatic heterocycles. The molecule has 5 heteroatoms. The molecule has 120 valence electrons. The van der Waals surface area contributed by atoms with Crippen LogP contribution in [-0.4, -0.2) is 43.5 Å². The van der Waals surface area contributed by atoms with Crippen LogP contribution in [0.5, 0.6) is 0 Å². The van der Waals surface area contributed by atoms with Crippen molar-refractivity contribution < 1.29 is 14.3 Å². The number of ether oxygens (including phenoxy) is 1. The normalized spacial score (nSPS) is 21.3. The van der Waals surface area contributed by atoms with Crippen LogP contribution in [0, 0.1) is 11.8 Å². The van der Waals surface area contributed by atoms with Gasteiger partial charge >= 0.3 is 5.97 Å². The lowest BCUT2D eigenvalue weighted by Crippen LogP contribution is -2.44. The van der Waals surface area contributed by atoms with Gasteiger partial charge in [0.05, 0.1) is 5.56 Å². The fourth-order valence-electron chi connectivity index (χ4n) is 3.04. The van der Waals surface area contributed by atoms with Crippen molar-refractivity contribution in [3.05, 3.63) is 29.8 Å². The zero-order valence-corrected chi connectivity index (χ0v) is 13.5. The number of anilines is 1. The molecule has 1 aromatic carbocycles. The molecule has 2 atom stereocenters. The first-order valence-electron chi connectivity index (χ1n) is 7.73. The molecule has 0 spiro atoms. The maximum atomic E-state index is 12.2.